The van der Waals surface area contributed by atoms with E-state index in [0.717, 1.165) is 19.0 Å². The molecule has 1 N–H and O–H groups in total. The van der Waals surface area contributed by atoms with Gasteiger partial charge in [0, 0.05) is 18.3 Å². The van der Waals surface area contributed by atoms with E-state index in [4.69, 9.17) is 0 Å². The summed E-state index contributed by atoms with van der Waals surface area (Å²) in [5.74, 6) is -0.618. The molecule has 1 amide bonds. The number of aliphatic hydroxyl groups excluding tert-OH is 1. The summed E-state index contributed by atoms with van der Waals surface area (Å²) in [5.41, 5.74) is 0.295. The van der Waals surface area contributed by atoms with Crippen LogP contribution < -0.4 is 4.90 Å². The molecule has 3 aromatic rings. The standard InChI is InChI=1S/C21H20FN7O2/c22-16-8-25-29-10-17(12-7-24-28(9-12)14-5-15(30)6-14)26-19(18(16)29)27-4-3-21(11-23,20(27)31)13-1-2-13/h7-10,13-15,30H,1-6H2/t14?,15?,21-/m1/s1. The van der Waals surface area contributed by atoms with E-state index >= 15 is 0 Å². The van der Waals surface area contributed by atoms with Gasteiger partial charge in [0.25, 0.3) is 0 Å². The van der Waals surface area contributed by atoms with E-state index < -0.39 is 11.2 Å². The average Bonchev–Trinajstić information content (AvgIpc) is 3.22. The van der Waals surface area contributed by atoms with Crippen molar-refractivity contribution in [1.29, 1.82) is 5.26 Å². The first-order valence-corrected chi connectivity index (χ1v) is 10.5. The Kier molecular flexibility index (Phi) is 3.77. The number of carbonyl (C=O) groups excluding carboxylic acids is 1. The zero-order valence-corrected chi connectivity index (χ0v) is 16.6. The van der Waals surface area contributed by atoms with Gasteiger partial charge in [-0.3, -0.25) is 14.4 Å². The van der Waals surface area contributed by atoms with Crippen molar-refractivity contribution < 1.29 is 14.3 Å². The van der Waals surface area contributed by atoms with Crippen LogP contribution in [0.2, 0.25) is 0 Å². The summed E-state index contributed by atoms with van der Waals surface area (Å²) < 4.78 is 17.8. The number of amides is 1. The zero-order valence-electron chi connectivity index (χ0n) is 16.6. The van der Waals surface area contributed by atoms with Crippen LogP contribution in [-0.2, 0) is 4.79 Å². The predicted octanol–water partition coefficient (Wildman–Crippen LogP) is 2.08. The third-order valence-corrected chi connectivity index (χ3v) is 6.88. The lowest BCUT2D eigenvalue weighted by atomic mass is 9.83. The molecule has 4 heterocycles. The number of nitriles is 1. The fourth-order valence-corrected chi connectivity index (χ4v) is 4.82. The lowest BCUT2D eigenvalue weighted by molar-refractivity contribution is -0.123. The van der Waals surface area contributed by atoms with Crippen molar-refractivity contribution >= 4 is 17.2 Å². The highest BCUT2D eigenvalue weighted by atomic mass is 19.1. The van der Waals surface area contributed by atoms with E-state index in [1.54, 1.807) is 17.1 Å². The number of aliphatic hydroxyl groups is 1. The molecule has 3 fully saturated rings. The summed E-state index contributed by atoms with van der Waals surface area (Å²) in [5, 5.41) is 27.8. The second-order valence-electron chi connectivity index (χ2n) is 8.79. The lowest BCUT2D eigenvalue weighted by Gasteiger charge is -2.31. The fraction of sp³-hybridized carbons (Fsp3) is 0.476. The number of carbonyl (C=O) groups is 1. The molecule has 6 rings (SSSR count). The molecule has 10 heteroatoms. The normalized spacial score (nSPS) is 28.2. The number of hydrogen-bond donors (Lipinski definition) is 1. The molecule has 1 saturated heterocycles. The Balaban J connectivity index is 1.42. The van der Waals surface area contributed by atoms with Crippen molar-refractivity contribution in [3.63, 3.8) is 0 Å². The van der Waals surface area contributed by atoms with Crippen molar-refractivity contribution in [2.75, 3.05) is 11.4 Å². The van der Waals surface area contributed by atoms with E-state index in [1.807, 2.05) is 6.20 Å². The summed E-state index contributed by atoms with van der Waals surface area (Å²) in [6.07, 6.45) is 9.38. The van der Waals surface area contributed by atoms with Gasteiger partial charge in [-0.15, -0.1) is 0 Å². The van der Waals surface area contributed by atoms with E-state index in [9.17, 15) is 19.6 Å². The van der Waals surface area contributed by atoms with Crippen LogP contribution in [0, 0.1) is 28.5 Å². The van der Waals surface area contributed by atoms with Crippen LogP contribution in [-0.4, -0.2) is 48.0 Å². The summed E-state index contributed by atoms with van der Waals surface area (Å²) in [7, 11) is 0. The van der Waals surface area contributed by atoms with Gasteiger partial charge >= 0.3 is 0 Å². The minimum atomic E-state index is -1.04. The van der Waals surface area contributed by atoms with Crippen LogP contribution in [0.4, 0.5) is 10.2 Å². The molecule has 3 aromatic heterocycles. The van der Waals surface area contributed by atoms with E-state index in [-0.39, 0.29) is 35.3 Å². The quantitative estimate of drug-likeness (QED) is 0.690. The van der Waals surface area contributed by atoms with Crippen molar-refractivity contribution in [3.8, 4) is 17.3 Å². The molecule has 1 aliphatic heterocycles. The van der Waals surface area contributed by atoms with Crippen molar-refractivity contribution in [2.45, 2.75) is 44.2 Å². The van der Waals surface area contributed by atoms with Crippen LogP contribution >= 0.6 is 0 Å². The number of fused-ring (bicyclic) bond motifs is 1. The van der Waals surface area contributed by atoms with Gasteiger partial charge in [-0.05, 0) is 38.0 Å². The third kappa shape index (κ3) is 2.63. The van der Waals surface area contributed by atoms with E-state index in [1.165, 1.54) is 9.42 Å². The second-order valence-corrected chi connectivity index (χ2v) is 8.79. The van der Waals surface area contributed by atoms with Crippen molar-refractivity contribution in [2.24, 2.45) is 11.3 Å². The Hall–Kier alpha value is -3.32. The fourth-order valence-electron chi connectivity index (χ4n) is 4.82. The average molecular weight is 421 g/mol. The largest absolute Gasteiger partial charge is 0.393 e. The number of anilines is 1. The summed E-state index contributed by atoms with van der Waals surface area (Å²) in [6, 6.07) is 2.40. The molecule has 0 radical (unpaired) electrons. The summed E-state index contributed by atoms with van der Waals surface area (Å²) in [4.78, 5) is 19.4. The Morgan fingerprint density at radius 2 is 2.03 bits per heavy atom. The SMILES string of the molecule is N#C[C@@]1(C2CC2)CCN(c2nc(-c3cnn(C4CC(O)C4)c3)cn3ncc(F)c23)C1=O. The smallest absolute Gasteiger partial charge is 0.249 e. The molecule has 31 heavy (non-hydrogen) atoms. The highest BCUT2D eigenvalue weighted by Gasteiger charge is 2.57. The maximum atomic E-state index is 14.6. The zero-order chi connectivity index (χ0) is 21.3. The molecule has 0 spiro atoms. The van der Waals surface area contributed by atoms with Gasteiger partial charge in [0.15, 0.2) is 11.6 Å². The topological polar surface area (TPSA) is 112 Å². The van der Waals surface area contributed by atoms with E-state index in [0.29, 0.717) is 37.1 Å². The molecule has 1 atom stereocenters. The summed E-state index contributed by atoms with van der Waals surface area (Å²) in [6.45, 7) is 0.318. The monoisotopic (exact) mass is 421 g/mol. The van der Waals surface area contributed by atoms with Crippen LogP contribution in [0.5, 0.6) is 0 Å². The molecule has 0 bridgehead atoms. The molecule has 0 aromatic carbocycles. The predicted molar refractivity (Wildman–Crippen MR) is 106 cm³/mol. The highest BCUT2D eigenvalue weighted by molar-refractivity contribution is 6.04. The molecular formula is C21H20FN7O2. The maximum Gasteiger partial charge on any atom is 0.249 e. The summed E-state index contributed by atoms with van der Waals surface area (Å²) >= 11 is 0. The van der Waals surface area contributed by atoms with Crippen LogP contribution in [0.1, 0.15) is 38.1 Å². The van der Waals surface area contributed by atoms with Crippen molar-refractivity contribution in [1.82, 2.24) is 24.4 Å². The van der Waals surface area contributed by atoms with Gasteiger partial charge in [0.1, 0.15) is 10.9 Å². The lowest BCUT2D eigenvalue weighted by Crippen LogP contribution is -2.36. The van der Waals surface area contributed by atoms with Crippen molar-refractivity contribution in [3.05, 3.63) is 30.6 Å². The first kappa shape index (κ1) is 18.4. The number of nitrogens with zero attached hydrogens (tertiary/aromatic N) is 7. The third-order valence-electron chi connectivity index (χ3n) is 6.88. The maximum absolute atomic E-state index is 14.6. The molecule has 3 aliphatic rings. The first-order chi connectivity index (χ1) is 15.0. The minimum Gasteiger partial charge on any atom is -0.393 e. The van der Waals surface area contributed by atoms with Crippen LogP contribution in [0.15, 0.2) is 24.8 Å². The second kappa shape index (κ2) is 6.34. The minimum absolute atomic E-state index is 0.0695. The van der Waals surface area contributed by atoms with Gasteiger partial charge in [-0.1, -0.05) is 0 Å². The van der Waals surface area contributed by atoms with Gasteiger partial charge in [-0.2, -0.15) is 15.5 Å². The Morgan fingerprint density at radius 3 is 2.74 bits per heavy atom. The van der Waals surface area contributed by atoms with Gasteiger partial charge in [0.2, 0.25) is 5.91 Å². The Labute approximate surface area is 176 Å². The van der Waals surface area contributed by atoms with E-state index in [2.05, 4.69) is 21.3 Å². The van der Waals surface area contributed by atoms with Gasteiger partial charge in [0.05, 0.1) is 42.5 Å². The number of halogens is 1. The Morgan fingerprint density at radius 1 is 1.23 bits per heavy atom. The molecule has 158 valence electrons. The van der Waals surface area contributed by atoms with Gasteiger partial charge in [-0.25, -0.2) is 13.9 Å². The molecule has 9 nitrogen and oxygen atoms in total. The Bertz CT molecular complexity index is 1250. The first-order valence-electron chi connectivity index (χ1n) is 10.5. The number of aromatic nitrogens is 5. The number of rotatable bonds is 4. The molecule has 2 aliphatic carbocycles. The van der Waals surface area contributed by atoms with Crippen LogP contribution in [0.3, 0.4) is 0 Å². The van der Waals surface area contributed by atoms with Gasteiger partial charge < -0.3 is 5.11 Å². The molecular weight excluding hydrogens is 401 g/mol. The molecule has 2 saturated carbocycles. The molecule has 0 unspecified atom stereocenters. The number of hydrogen-bond acceptors (Lipinski definition) is 6. The highest BCUT2D eigenvalue weighted by Crippen LogP contribution is 2.52. The van der Waals surface area contributed by atoms with Crippen LogP contribution in [0.25, 0.3) is 16.8 Å².